The highest BCUT2D eigenvalue weighted by Crippen LogP contribution is 2.41. The molecule has 4 heterocycles. The third-order valence-corrected chi connectivity index (χ3v) is 7.54. The number of urea groups is 1. The third kappa shape index (κ3) is 3.47. The van der Waals surface area contributed by atoms with E-state index in [1.807, 2.05) is 13.1 Å². The topological polar surface area (TPSA) is 72.9 Å². The van der Waals surface area contributed by atoms with Gasteiger partial charge in [0.25, 0.3) is 0 Å². The standard InChI is InChI=1S/C21H27N3O4S/c1-24(15-11-13-3-5-16(15)28-13)21(25)23-20-22-18-17(26-2)6-4-14(19(18)29-20)12-7-9-27-10-8-12/h4,6,12-13,15-16H,3,5,7-11H2,1-2H3,(H,22,23,25). The predicted molar refractivity (Wildman–Crippen MR) is 112 cm³/mol. The van der Waals surface area contributed by atoms with Crippen LogP contribution in [-0.2, 0) is 9.47 Å². The lowest BCUT2D eigenvalue weighted by atomic mass is 9.91. The molecule has 7 nitrogen and oxygen atoms in total. The molecule has 1 aromatic carbocycles. The van der Waals surface area contributed by atoms with Gasteiger partial charge in [-0.25, -0.2) is 9.78 Å². The second kappa shape index (κ2) is 7.74. The van der Waals surface area contributed by atoms with Gasteiger partial charge in [0.15, 0.2) is 5.13 Å². The Balaban J connectivity index is 1.39. The van der Waals surface area contributed by atoms with Crippen LogP contribution in [0.2, 0.25) is 0 Å². The maximum absolute atomic E-state index is 12.9. The van der Waals surface area contributed by atoms with Crippen molar-refractivity contribution >= 4 is 32.7 Å². The average Bonchev–Trinajstić information content (AvgIpc) is 3.48. The second-order valence-electron chi connectivity index (χ2n) is 8.16. The number of hydrogen-bond donors (Lipinski definition) is 1. The predicted octanol–water partition coefficient (Wildman–Crippen LogP) is 3.98. The molecule has 0 aliphatic carbocycles. The lowest BCUT2D eigenvalue weighted by Gasteiger charge is -2.29. The molecule has 3 atom stereocenters. The number of nitrogens with zero attached hydrogens (tertiary/aromatic N) is 2. The van der Waals surface area contributed by atoms with E-state index >= 15 is 0 Å². The van der Waals surface area contributed by atoms with Gasteiger partial charge < -0.3 is 19.1 Å². The highest BCUT2D eigenvalue weighted by atomic mass is 32.1. The zero-order valence-corrected chi connectivity index (χ0v) is 17.7. The van der Waals surface area contributed by atoms with Gasteiger partial charge in [0.2, 0.25) is 0 Å². The first-order chi connectivity index (χ1) is 14.1. The fourth-order valence-corrected chi connectivity index (χ4v) is 5.96. The van der Waals surface area contributed by atoms with Crippen LogP contribution in [0, 0.1) is 0 Å². The van der Waals surface area contributed by atoms with Crippen molar-refractivity contribution in [2.45, 2.75) is 56.3 Å². The zero-order chi connectivity index (χ0) is 20.0. The Morgan fingerprint density at radius 1 is 1.28 bits per heavy atom. The van der Waals surface area contributed by atoms with Gasteiger partial charge >= 0.3 is 6.03 Å². The number of methoxy groups -OCH3 is 1. The number of thiazole rings is 1. The number of hydrogen-bond acceptors (Lipinski definition) is 6. The summed E-state index contributed by atoms with van der Waals surface area (Å²) in [4.78, 5) is 19.4. The largest absolute Gasteiger partial charge is 0.494 e. The number of amides is 2. The molecule has 1 N–H and O–H groups in total. The zero-order valence-electron chi connectivity index (χ0n) is 16.8. The summed E-state index contributed by atoms with van der Waals surface area (Å²) in [6.07, 6.45) is 5.58. The van der Waals surface area contributed by atoms with Crippen LogP contribution < -0.4 is 10.1 Å². The first kappa shape index (κ1) is 19.1. The number of nitrogens with one attached hydrogen (secondary N) is 1. The molecule has 3 unspecified atom stereocenters. The van der Waals surface area contributed by atoms with Crippen LogP contribution >= 0.6 is 11.3 Å². The summed E-state index contributed by atoms with van der Waals surface area (Å²) < 4.78 is 18.1. The number of anilines is 1. The molecule has 0 saturated carbocycles. The number of fused-ring (bicyclic) bond motifs is 3. The highest BCUT2D eigenvalue weighted by molar-refractivity contribution is 7.22. The van der Waals surface area contributed by atoms with Crippen molar-refractivity contribution in [2.24, 2.45) is 0 Å². The number of likely N-dealkylation sites (N-methyl/N-ethyl adjacent to an activating group) is 1. The fourth-order valence-electron chi connectivity index (χ4n) is 4.90. The van der Waals surface area contributed by atoms with E-state index in [9.17, 15) is 4.79 Å². The van der Waals surface area contributed by atoms with Crippen molar-refractivity contribution < 1.29 is 19.0 Å². The molecule has 0 spiro atoms. The summed E-state index contributed by atoms with van der Waals surface area (Å²) in [5.41, 5.74) is 2.10. The number of ether oxygens (including phenoxy) is 3. The van der Waals surface area contributed by atoms with Gasteiger partial charge in [0.1, 0.15) is 11.3 Å². The first-order valence-corrected chi connectivity index (χ1v) is 11.2. The Labute approximate surface area is 174 Å². The monoisotopic (exact) mass is 417 g/mol. The van der Waals surface area contributed by atoms with Crippen LogP contribution in [-0.4, -0.2) is 61.5 Å². The molecule has 2 aromatic rings. The number of carbonyl (C=O) groups is 1. The van der Waals surface area contributed by atoms with Gasteiger partial charge in [-0.05, 0) is 49.7 Å². The minimum Gasteiger partial charge on any atom is -0.494 e. The molecule has 3 aliphatic heterocycles. The molecule has 3 aliphatic rings. The quantitative estimate of drug-likeness (QED) is 0.815. The van der Waals surface area contributed by atoms with Crippen LogP contribution in [0.1, 0.15) is 43.6 Å². The van der Waals surface area contributed by atoms with E-state index < -0.39 is 0 Å². The van der Waals surface area contributed by atoms with E-state index in [1.54, 1.807) is 12.0 Å². The molecule has 29 heavy (non-hydrogen) atoms. The lowest BCUT2D eigenvalue weighted by Crippen LogP contribution is -2.44. The summed E-state index contributed by atoms with van der Waals surface area (Å²) in [6.45, 7) is 1.58. The molecule has 1 aromatic heterocycles. The van der Waals surface area contributed by atoms with Gasteiger partial charge in [-0.2, -0.15) is 0 Å². The van der Waals surface area contributed by atoms with E-state index in [-0.39, 0.29) is 18.2 Å². The van der Waals surface area contributed by atoms with E-state index in [2.05, 4.69) is 11.4 Å². The van der Waals surface area contributed by atoms with Crippen LogP contribution in [0.15, 0.2) is 12.1 Å². The van der Waals surface area contributed by atoms with Crippen LogP contribution in [0.5, 0.6) is 5.75 Å². The first-order valence-electron chi connectivity index (χ1n) is 10.4. The second-order valence-corrected chi connectivity index (χ2v) is 9.16. The lowest BCUT2D eigenvalue weighted by molar-refractivity contribution is 0.0844. The van der Waals surface area contributed by atoms with Crippen LogP contribution in [0.3, 0.4) is 0 Å². The highest BCUT2D eigenvalue weighted by Gasteiger charge is 2.44. The molecular formula is C21H27N3O4S. The number of benzene rings is 1. The Hall–Kier alpha value is -1.90. The summed E-state index contributed by atoms with van der Waals surface area (Å²) in [6, 6.07) is 4.14. The third-order valence-electron chi connectivity index (χ3n) is 6.52. The Kier molecular flexibility index (Phi) is 5.09. The smallest absolute Gasteiger partial charge is 0.323 e. The molecule has 2 amide bonds. The summed E-state index contributed by atoms with van der Waals surface area (Å²) in [5, 5.41) is 3.62. The normalized spacial score (nSPS) is 26.8. The SMILES string of the molecule is COc1ccc(C2CCOCC2)c2sc(NC(=O)N(C)C3CC4CCC3O4)nc12. The molecule has 2 bridgehead atoms. The minimum atomic E-state index is -0.128. The van der Waals surface area contributed by atoms with E-state index in [1.165, 1.54) is 16.9 Å². The molecule has 5 rings (SSSR count). The summed E-state index contributed by atoms with van der Waals surface area (Å²) in [7, 11) is 3.51. The Morgan fingerprint density at radius 2 is 2.10 bits per heavy atom. The van der Waals surface area contributed by atoms with E-state index in [0.29, 0.717) is 17.2 Å². The molecular weight excluding hydrogens is 390 g/mol. The van der Waals surface area contributed by atoms with Gasteiger partial charge in [0.05, 0.1) is 30.1 Å². The van der Waals surface area contributed by atoms with Crippen molar-refractivity contribution in [1.82, 2.24) is 9.88 Å². The minimum absolute atomic E-state index is 0.128. The maximum atomic E-state index is 12.9. The van der Waals surface area contributed by atoms with Crippen molar-refractivity contribution in [3.05, 3.63) is 17.7 Å². The van der Waals surface area contributed by atoms with Crippen molar-refractivity contribution in [1.29, 1.82) is 0 Å². The number of carbonyl (C=O) groups excluding carboxylic acids is 1. The number of rotatable bonds is 4. The maximum Gasteiger partial charge on any atom is 0.323 e. The van der Waals surface area contributed by atoms with E-state index in [4.69, 9.17) is 19.2 Å². The average molecular weight is 418 g/mol. The molecule has 8 heteroatoms. The van der Waals surface area contributed by atoms with Gasteiger partial charge in [-0.3, -0.25) is 5.32 Å². The fraction of sp³-hybridized carbons (Fsp3) is 0.619. The van der Waals surface area contributed by atoms with Crippen LogP contribution in [0.4, 0.5) is 9.93 Å². The summed E-state index contributed by atoms with van der Waals surface area (Å²) >= 11 is 1.53. The molecule has 0 radical (unpaired) electrons. The number of aromatic nitrogens is 1. The Morgan fingerprint density at radius 3 is 2.79 bits per heavy atom. The van der Waals surface area contributed by atoms with Crippen molar-refractivity contribution in [3.8, 4) is 5.75 Å². The summed E-state index contributed by atoms with van der Waals surface area (Å²) in [5.74, 6) is 1.19. The van der Waals surface area contributed by atoms with Crippen LogP contribution in [0.25, 0.3) is 10.2 Å². The van der Waals surface area contributed by atoms with Gasteiger partial charge in [-0.1, -0.05) is 17.4 Å². The van der Waals surface area contributed by atoms with Gasteiger partial charge in [-0.15, -0.1) is 0 Å². The van der Waals surface area contributed by atoms with Crippen molar-refractivity contribution in [2.75, 3.05) is 32.7 Å². The van der Waals surface area contributed by atoms with Crippen molar-refractivity contribution in [3.63, 3.8) is 0 Å². The van der Waals surface area contributed by atoms with E-state index in [0.717, 1.165) is 61.3 Å². The molecule has 3 fully saturated rings. The molecule has 3 saturated heterocycles. The van der Waals surface area contributed by atoms with Gasteiger partial charge in [0, 0.05) is 20.3 Å². The Bertz CT molecular complexity index is 911. The molecule has 156 valence electrons.